The molecule has 0 bridgehead atoms. The van der Waals surface area contributed by atoms with Gasteiger partial charge in [-0.05, 0) is 37.0 Å². The van der Waals surface area contributed by atoms with Crippen molar-refractivity contribution in [3.05, 3.63) is 0 Å². The molecule has 2 aliphatic rings. The predicted molar refractivity (Wildman–Crippen MR) is 56.7 cm³/mol. The van der Waals surface area contributed by atoms with E-state index >= 15 is 0 Å². The summed E-state index contributed by atoms with van der Waals surface area (Å²) in [7, 11) is 0. The van der Waals surface area contributed by atoms with Crippen LogP contribution in [0.25, 0.3) is 0 Å². The average molecular weight is 181 g/mol. The number of fused-ring (bicyclic) bond motifs is 1. The molecule has 13 heavy (non-hydrogen) atoms. The van der Waals surface area contributed by atoms with Crippen LogP contribution in [0.3, 0.4) is 0 Å². The molecule has 1 heterocycles. The zero-order chi connectivity index (χ0) is 9.85. The predicted octanol–water partition coefficient (Wildman–Crippen LogP) is 2.76. The minimum absolute atomic E-state index is 0.515. The molecular formula is C12H23N. The third-order valence-electron chi connectivity index (χ3n) is 4.40. The summed E-state index contributed by atoms with van der Waals surface area (Å²) in [6, 6.07) is 0.743. The van der Waals surface area contributed by atoms with Gasteiger partial charge in [0, 0.05) is 19.1 Å². The van der Waals surface area contributed by atoms with Crippen molar-refractivity contribution in [2.24, 2.45) is 16.7 Å². The molecule has 0 spiro atoms. The van der Waals surface area contributed by atoms with Crippen LogP contribution in [0.4, 0.5) is 0 Å². The third-order valence-corrected chi connectivity index (χ3v) is 4.40. The highest BCUT2D eigenvalue weighted by atomic mass is 15.2. The molecule has 0 aromatic rings. The van der Waals surface area contributed by atoms with Crippen LogP contribution in [-0.2, 0) is 0 Å². The molecule has 1 aliphatic carbocycles. The highest BCUT2D eigenvalue weighted by Gasteiger charge is 2.65. The summed E-state index contributed by atoms with van der Waals surface area (Å²) in [5.41, 5.74) is 1.19. The first-order valence-electron chi connectivity index (χ1n) is 5.61. The first kappa shape index (κ1) is 9.51. The Bertz CT molecular complexity index is 214. The number of rotatable bonds is 1. The van der Waals surface area contributed by atoms with Gasteiger partial charge in [-0.3, -0.25) is 0 Å². The van der Waals surface area contributed by atoms with Gasteiger partial charge in [-0.25, -0.2) is 0 Å². The zero-order valence-electron chi connectivity index (χ0n) is 9.72. The molecule has 0 radical (unpaired) electrons. The summed E-state index contributed by atoms with van der Waals surface area (Å²) in [6.45, 7) is 14.6. The molecule has 2 fully saturated rings. The van der Waals surface area contributed by atoms with E-state index in [1.807, 2.05) is 0 Å². The maximum atomic E-state index is 2.65. The monoisotopic (exact) mass is 181 g/mol. The Morgan fingerprint density at radius 3 is 2.23 bits per heavy atom. The second-order valence-electron chi connectivity index (χ2n) is 6.33. The SMILES string of the molecule is CC(C)N1CC2CC2(C(C)(C)C)C1. The lowest BCUT2D eigenvalue weighted by Gasteiger charge is -2.32. The largest absolute Gasteiger partial charge is 0.300 e. The van der Waals surface area contributed by atoms with Crippen molar-refractivity contribution >= 4 is 0 Å². The van der Waals surface area contributed by atoms with Crippen molar-refractivity contribution in [3.8, 4) is 0 Å². The van der Waals surface area contributed by atoms with Crippen molar-refractivity contribution in [2.75, 3.05) is 13.1 Å². The second-order valence-corrected chi connectivity index (χ2v) is 6.33. The van der Waals surface area contributed by atoms with Crippen molar-refractivity contribution < 1.29 is 0 Å². The number of likely N-dealkylation sites (tertiary alicyclic amines) is 1. The van der Waals surface area contributed by atoms with Crippen LogP contribution in [0, 0.1) is 16.7 Å². The normalized spacial score (nSPS) is 39.7. The van der Waals surface area contributed by atoms with Gasteiger partial charge in [-0.2, -0.15) is 0 Å². The molecule has 2 atom stereocenters. The minimum atomic E-state index is 0.515. The highest BCUT2D eigenvalue weighted by molar-refractivity contribution is 5.15. The van der Waals surface area contributed by atoms with E-state index in [9.17, 15) is 0 Å². The third kappa shape index (κ3) is 1.24. The van der Waals surface area contributed by atoms with Crippen molar-refractivity contribution in [3.63, 3.8) is 0 Å². The van der Waals surface area contributed by atoms with Crippen molar-refractivity contribution in [1.82, 2.24) is 4.90 Å². The first-order valence-corrected chi connectivity index (χ1v) is 5.61. The maximum Gasteiger partial charge on any atom is 0.00491 e. The molecule has 1 heteroatoms. The van der Waals surface area contributed by atoms with Crippen LogP contribution < -0.4 is 0 Å². The summed E-state index contributed by atoms with van der Waals surface area (Å²) >= 11 is 0. The van der Waals surface area contributed by atoms with E-state index in [0.29, 0.717) is 10.8 Å². The van der Waals surface area contributed by atoms with Gasteiger partial charge in [0.15, 0.2) is 0 Å². The number of hydrogen-bond acceptors (Lipinski definition) is 1. The van der Waals surface area contributed by atoms with Gasteiger partial charge < -0.3 is 4.90 Å². The molecule has 2 unspecified atom stereocenters. The number of hydrogen-bond donors (Lipinski definition) is 0. The lowest BCUT2D eigenvalue weighted by atomic mass is 9.77. The van der Waals surface area contributed by atoms with E-state index in [4.69, 9.17) is 0 Å². The van der Waals surface area contributed by atoms with Gasteiger partial charge in [-0.1, -0.05) is 20.8 Å². The van der Waals surface area contributed by atoms with Crippen molar-refractivity contribution in [2.45, 2.75) is 47.1 Å². The molecule has 1 aliphatic heterocycles. The van der Waals surface area contributed by atoms with Crippen LogP contribution in [-0.4, -0.2) is 24.0 Å². The topological polar surface area (TPSA) is 3.24 Å². The number of nitrogens with zero attached hydrogens (tertiary/aromatic N) is 1. The second kappa shape index (κ2) is 2.50. The fourth-order valence-corrected chi connectivity index (χ4v) is 3.07. The number of piperidine rings is 1. The average Bonchev–Trinajstić information content (AvgIpc) is 2.54. The summed E-state index contributed by atoms with van der Waals surface area (Å²) in [6.07, 6.45) is 1.49. The Kier molecular flexibility index (Phi) is 1.83. The fourth-order valence-electron chi connectivity index (χ4n) is 3.07. The van der Waals surface area contributed by atoms with E-state index in [0.717, 1.165) is 12.0 Å². The van der Waals surface area contributed by atoms with Gasteiger partial charge in [-0.15, -0.1) is 0 Å². The minimum Gasteiger partial charge on any atom is -0.300 e. The van der Waals surface area contributed by atoms with Gasteiger partial charge >= 0.3 is 0 Å². The fraction of sp³-hybridized carbons (Fsp3) is 1.00. The van der Waals surface area contributed by atoms with E-state index in [-0.39, 0.29) is 0 Å². The van der Waals surface area contributed by atoms with E-state index in [1.54, 1.807) is 0 Å². The lowest BCUT2D eigenvalue weighted by molar-refractivity contribution is 0.158. The quantitative estimate of drug-likeness (QED) is 0.601. The molecule has 1 nitrogen and oxygen atoms in total. The molecular weight excluding hydrogens is 158 g/mol. The molecule has 76 valence electrons. The Balaban J connectivity index is 2.08. The Morgan fingerprint density at radius 2 is 1.92 bits per heavy atom. The van der Waals surface area contributed by atoms with Crippen LogP contribution in [0.1, 0.15) is 41.0 Å². The van der Waals surface area contributed by atoms with Crippen LogP contribution in [0.15, 0.2) is 0 Å². The van der Waals surface area contributed by atoms with Crippen LogP contribution >= 0.6 is 0 Å². The summed E-state index contributed by atoms with van der Waals surface area (Å²) in [5, 5.41) is 0. The smallest absolute Gasteiger partial charge is 0.00491 e. The Labute approximate surface area is 82.5 Å². The molecule has 0 aromatic heterocycles. The summed E-state index contributed by atoms with van der Waals surface area (Å²) in [5.74, 6) is 1.01. The molecule has 1 saturated carbocycles. The van der Waals surface area contributed by atoms with Gasteiger partial charge in [0.2, 0.25) is 0 Å². The highest BCUT2D eigenvalue weighted by Crippen LogP contribution is 2.67. The van der Waals surface area contributed by atoms with Crippen LogP contribution in [0.5, 0.6) is 0 Å². The van der Waals surface area contributed by atoms with E-state index in [2.05, 4.69) is 39.5 Å². The first-order chi connectivity index (χ1) is 5.87. The molecule has 1 saturated heterocycles. The Hall–Kier alpha value is -0.0400. The lowest BCUT2D eigenvalue weighted by Crippen LogP contribution is -2.35. The zero-order valence-corrected chi connectivity index (χ0v) is 9.72. The molecule has 0 N–H and O–H groups in total. The van der Waals surface area contributed by atoms with Gasteiger partial charge in [0.25, 0.3) is 0 Å². The van der Waals surface area contributed by atoms with Gasteiger partial charge in [0.1, 0.15) is 0 Å². The van der Waals surface area contributed by atoms with E-state index in [1.165, 1.54) is 19.5 Å². The Morgan fingerprint density at radius 1 is 1.31 bits per heavy atom. The van der Waals surface area contributed by atoms with Gasteiger partial charge in [0.05, 0.1) is 0 Å². The molecule has 0 amide bonds. The standard InChI is InChI=1S/C12H23N/c1-9(2)13-7-10-6-12(10,8-13)11(3,4)5/h9-10H,6-8H2,1-5H3. The molecule has 0 aromatic carbocycles. The summed E-state index contributed by atoms with van der Waals surface area (Å²) < 4.78 is 0. The summed E-state index contributed by atoms with van der Waals surface area (Å²) in [4.78, 5) is 2.65. The molecule has 2 rings (SSSR count). The maximum absolute atomic E-state index is 2.65. The van der Waals surface area contributed by atoms with Crippen molar-refractivity contribution in [1.29, 1.82) is 0 Å². The van der Waals surface area contributed by atoms with Crippen LogP contribution in [0.2, 0.25) is 0 Å². The van der Waals surface area contributed by atoms with E-state index < -0.39 is 0 Å².